The molecule has 1 aliphatic rings. The van der Waals surface area contributed by atoms with Gasteiger partial charge in [0.2, 0.25) is 15.9 Å². The van der Waals surface area contributed by atoms with Gasteiger partial charge in [-0.1, -0.05) is 6.92 Å². The third-order valence-electron chi connectivity index (χ3n) is 5.14. The van der Waals surface area contributed by atoms with Crippen LogP contribution in [-0.2, 0) is 29.1 Å². The van der Waals surface area contributed by atoms with Crippen molar-refractivity contribution in [3.8, 4) is 0 Å². The Labute approximate surface area is 183 Å². The van der Waals surface area contributed by atoms with Gasteiger partial charge in [-0.15, -0.1) is 0 Å². The quantitative estimate of drug-likeness (QED) is 0.552. The number of esters is 1. The number of carbonyl (C=O) groups is 3. The average Bonchev–Trinajstić information content (AvgIpc) is 2.72. The third kappa shape index (κ3) is 7.32. The second-order valence-corrected chi connectivity index (χ2v) is 9.34. The van der Waals surface area contributed by atoms with Crippen molar-refractivity contribution in [2.75, 3.05) is 18.4 Å². The predicted molar refractivity (Wildman–Crippen MR) is 116 cm³/mol. The van der Waals surface area contributed by atoms with Gasteiger partial charge in [0.15, 0.2) is 6.10 Å². The Hall–Kier alpha value is -2.46. The molecule has 2 amide bonds. The number of hydrogen-bond acceptors (Lipinski definition) is 6. The third-order valence-corrected chi connectivity index (χ3v) is 6.62. The van der Waals surface area contributed by atoms with E-state index < -0.39 is 22.1 Å². The van der Waals surface area contributed by atoms with Crippen molar-refractivity contribution in [2.24, 2.45) is 0 Å². The molecule has 10 heteroatoms. The van der Waals surface area contributed by atoms with Crippen molar-refractivity contribution in [1.82, 2.24) is 9.62 Å². The molecule has 172 valence electrons. The highest BCUT2D eigenvalue weighted by molar-refractivity contribution is 7.89. The van der Waals surface area contributed by atoms with E-state index in [1.807, 2.05) is 6.92 Å². The van der Waals surface area contributed by atoms with E-state index in [-0.39, 0.29) is 35.7 Å². The van der Waals surface area contributed by atoms with Gasteiger partial charge in [0.1, 0.15) is 0 Å². The minimum atomic E-state index is -3.82. The molecule has 1 fully saturated rings. The van der Waals surface area contributed by atoms with E-state index in [0.29, 0.717) is 12.2 Å². The maximum absolute atomic E-state index is 12.6. The molecule has 2 unspecified atom stereocenters. The molecule has 1 heterocycles. The molecular formula is C21H31N3O6S. The van der Waals surface area contributed by atoms with Crippen LogP contribution in [0.2, 0.25) is 0 Å². The highest BCUT2D eigenvalue weighted by atomic mass is 32.2. The van der Waals surface area contributed by atoms with E-state index in [9.17, 15) is 22.8 Å². The van der Waals surface area contributed by atoms with Crippen LogP contribution in [0.5, 0.6) is 0 Å². The van der Waals surface area contributed by atoms with E-state index in [0.717, 1.165) is 25.7 Å². The van der Waals surface area contributed by atoms with E-state index in [4.69, 9.17) is 4.74 Å². The lowest BCUT2D eigenvalue weighted by atomic mass is 9.99. The zero-order valence-electron chi connectivity index (χ0n) is 18.2. The van der Waals surface area contributed by atoms with Crippen molar-refractivity contribution >= 4 is 33.5 Å². The van der Waals surface area contributed by atoms with Crippen LogP contribution in [0.15, 0.2) is 29.2 Å². The summed E-state index contributed by atoms with van der Waals surface area (Å²) in [7, 11) is -3.82. The lowest BCUT2D eigenvalue weighted by Crippen LogP contribution is -2.48. The van der Waals surface area contributed by atoms with Gasteiger partial charge in [-0.2, -0.15) is 0 Å². The van der Waals surface area contributed by atoms with Crippen LogP contribution in [0.1, 0.15) is 52.9 Å². The Morgan fingerprint density at radius 1 is 1.19 bits per heavy atom. The molecule has 1 saturated heterocycles. The summed E-state index contributed by atoms with van der Waals surface area (Å²) in [6.07, 6.45) is 2.75. The molecule has 2 rings (SSSR count). The Kier molecular flexibility index (Phi) is 9.00. The molecule has 0 radical (unpaired) electrons. The molecule has 0 aliphatic carbocycles. The molecule has 1 aromatic rings. The number of likely N-dealkylation sites (tertiary alicyclic amines) is 1. The zero-order chi connectivity index (χ0) is 23.0. The lowest BCUT2D eigenvalue weighted by molar-refractivity contribution is -0.160. The molecule has 1 aromatic carbocycles. The number of sulfonamides is 1. The molecular weight excluding hydrogens is 422 g/mol. The van der Waals surface area contributed by atoms with E-state index in [2.05, 4.69) is 10.0 Å². The maximum atomic E-state index is 12.6. The fourth-order valence-corrected chi connectivity index (χ4v) is 4.58. The maximum Gasteiger partial charge on any atom is 0.307 e. The summed E-state index contributed by atoms with van der Waals surface area (Å²) in [5.41, 5.74) is 0.479. The smallest absolute Gasteiger partial charge is 0.307 e. The Balaban J connectivity index is 1.82. The predicted octanol–water partition coefficient (Wildman–Crippen LogP) is 2.04. The molecule has 0 aromatic heterocycles. The first-order valence-electron chi connectivity index (χ1n) is 10.5. The van der Waals surface area contributed by atoms with Gasteiger partial charge in [0.05, 0.1) is 11.3 Å². The van der Waals surface area contributed by atoms with Gasteiger partial charge in [-0.25, -0.2) is 13.1 Å². The zero-order valence-corrected chi connectivity index (χ0v) is 19.0. The van der Waals surface area contributed by atoms with Crippen LogP contribution in [-0.4, -0.2) is 56.3 Å². The van der Waals surface area contributed by atoms with Crippen LogP contribution < -0.4 is 10.0 Å². The molecule has 0 bridgehead atoms. The first kappa shape index (κ1) is 24.8. The van der Waals surface area contributed by atoms with Crippen LogP contribution in [0.25, 0.3) is 0 Å². The standard InChI is InChI=1S/C21H31N3O6S/c1-4-18-7-5-6-14-24(18)21(27)15(2)30-20(26)12-13-22-31(28,29)19-10-8-17(9-11-19)23-16(3)25/h8-11,15,18,22H,4-7,12-14H2,1-3H3,(H,23,25). The summed E-state index contributed by atoms with van der Waals surface area (Å²) >= 11 is 0. The first-order valence-corrected chi connectivity index (χ1v) is 12.0. The fourth-order valence-electron chi connectivity index (χ4n) is 3.55. The minimum Gasteiger partial charge on any atom is -0.452 e. The monoisotopic (exact) mass is 453 g/mol. The summed E-state index contributed by atoms with van der Waals surface area (Å²) in [4.78, 5) is 37.5. The number of hydrogen-bond donors (Lipinski definition) is 2. The molecule has 0 spiro atoms. The van der Waals surface area contributed by atoms with Crippen LogP contribution >= 0.6 is 0 Å². The number of nitrogens with zero attached hydrogens (tertiary/aromatic N) is 1. The summed E-state index contributed by atoms with van der Waals surface area (Å²) < 4.78 is 32.2. The van der Waals surface area contributed by atoms with Gasteiger partial charge in [-0.05, 0) is 56.9 Å². The van der Waals surface area contributed by atoms with Crippen LogP contribution in [0.3, 0.4) is 0 Å². The van der Waals surface area contributed by atoms with Crippen molar-refractivity contribution in [3.63, 3.8) is 0 Å². The van der Waals surface area contributed by atoms with Crippen molar-refractivity contribution in [1.29, 1.82) is 0 Å². The topological polar surface area (TPSA) is 122 Å². The van der Waals surface area contributed by atoms with Gasteiger partial charge in [-0.3, -0.25) is 14.4 Å². The first-order chi connectivity index (χ1) is 14.6. The molecule has 9 nitrogen and oxygen atoms in total. The number of benzene rings is 1. The van der Waals surface area contributed by atoms with Crippen molar-refractivity contribution < 1.29 is 27.5 Å². The molecule has 2 N–H and O–H groups in total. The summed E-state index contributed by atoms with van der Waals surface area (Å²) in [5.74, 6) is -1.11. The summed E-state index contributed by atoms with van der Waals surface area (Å²) in [5, 5.41) is 2.55. The van der Waals surface area contributed by atoms with Gasteiger partial charge in [0, 0.05) is 31.7 Å². The lowest BCUT2D eigenvalue weighted by Gasteiger charge is -2.36. The number of ether oxygens (including phenoxy) is 1. The van der Waals surface area contributed by atoms with E-state index >= 15 is 0 Å². The SMILES string of the molecule is CCC1CCCCN1C(=O)C(C)OC(=O)CCNS(=O)(=O)c1ccc(NC(C)=O)cc1. The highest BCUT2D eigenvalue weighted by Crippen LogP contribution is 2.21. The van der Waals surface area contributed by atoms with Crippen LogP contribution in [0, 0.1) is 0 Å². The minimum absolute atomic E-state index is 0.00854. The normalized spacial score (nSPS) is 17.6. The van der Waals surface area contributed by atoms with E-state index in [1.54, 1.807) is 11.8 Å². The largest absolute Gasteiger partial charge is 0.452 e. The fraction of sp³-hybridized carbons (Fsp3) is 0.571. The number of amides is 2. The molecule has 2 atom stereocenters. The molecule has 31 heavy (non-hydrogen) atoms. The Morgan fingerprint density at radius 3 is 2.48 bits per heavy atom. The molecule has 1 aliphatic heterocycles. The average molecular weight is 454 g/mol. The second kappa shape index (κ2) is 11.2. The second-order valence-electron chi connectivity index (χ2n) is 7.57. The number of anilines is 1. The van der Waals surface area contributed by atoms with Gasteiger partial charge >= 0.3 is 5.97 Å². The number of nitrogens with one attached hydrogen (secondary N) is 2. The van der Waals surface area contributed by atoms with Crippen molar-refractivity contribution in [2.45, 2.75) is 69.9 Å². The number of rotatable bonds is 9. The number of carbonyl (C=O) groups excluding carboxylic acids is 3. The Morgan fingerprint density at radius 2 is 1.87 bits per heavy atom. The van der Waals surface area contributed by atoms with Crippen LogP contribution in [0.4, 0.5) is 5.69 Å². The molecule has 0 saturated carbocycles. The Bertz CT molecular complexity index is 885. The van der Waals surface area contributed by atoms with Gasteiger partial charge < -0.3 is 15.0 Å². The van der Waals surface area contributed by atoms with Gasteiger partial charge in [0.25, 0.3) is 5.91 Å². The summed E-state index contributed by atoms with van der Waals surface area (Å²) in [6, 6.07) is 5.83. The van der Waals surface area contributed by atoms with Crippen molar-refractivity contribution in [3.05, 3.63) is 24.3 Å². The summed E-state index contributed by atoms with van der Waals surface area (Å²) in [6.45, 7) is 5.44. The number of piperidine rings is 1. The highest BCUT2D eigenvalue weighted by Gasteiger charge is 2.30. The van der Waals surface area contributed by atoms with E-state index in [1.165, 1.54) is 31.2 Å².